The molecule has 0 unspecified atom stereocenters. The maximum absolute atomic E-state index is 6.29. The zero-order valence-corrected chi connectivity index (χ0v) is 11.7. The van der Waals surface area contributed by atoms with Gasteiger partial charge in [-0.2, -0.15) is 0 Å². The second-order valence-corrected chi connectivity index (χ2v) is 4.47. The monoisotopic (exact) mass is 272 g/mol. The van der Waals surface area contributed by atoms with Crippen LogP contribution in [0.5, 0.6) is 11.5 Å². The van der Waals surface area contributed by atoms with E-state index >= 15 is 0 Å². The molecule has 1 aromatic rings. The molecular weight excluding hydrogens is 252 g/mol. The molecular formula is C13H21ClN2O2. The van der Waals surface area contributed by atoms with Gasteiger partial charge in [-0.25, -0.2) is 0 Å². The van der Waals surface area contributed by atoms with Gasteiger partial charge in [0.25, 0.3) is 0 Å². The van der Waals surface area contributed by atoms with E-state index in [1.807, 2.05) is 12.1 Å². The Labute approximate surface area is 113 Å². The molecule has 1 atom stereocenters. The van der Waals surface area contributed by atoms with Gasteiger partial charge in [-0.3, -0.25) is 0 Å². The number of hydrogen-bond donors (Lipinski definition) is 2. The third-order valence-electron chi connectivity index (χ3n) is 2.88. The van der Waals surface area contributed by atoms with Crippen molar-refractivity contribution in [2.75, 3.05) is 20.8 Å². The summed E-state index contributed by atoms with van der Waals surface area (Å²) in [7, 11) is 3.14. The Morgan fingerprint density at radius 2 is 1.94 bits per heavy atom. The number of halogens is 1. The van der Waals surface area contributed by atoms with Crippen molar-refractivity contribution in [3.05, 3.63) is 22.7 Å². The summed E-state index contributed by atoms with van der Waals surface area (Å²) in [6.07, 6.45) is 2.81. The zero-order valence-electron chi connectivity index (χ0n) is 10.9. The van der Waals surface area contributed by atoms with Crippen LogP contribution < -0.4 is 20.9 Å². The summed E-state index contributed by atoms with van der Waals surface area (Å²) in [5.41, 5.74) is 12.5. The minimum atomic E-state index is -0.108. The fourth-order valence-corrected chi connectivity index (χ4v) is 2.23. The summed E-state index contributed by atoms with van der Waals surface area (Å²) >= 11 is 6.29. The van der Waals surface area contributed by atoms with Crippen molar-refractivity contribution in [3.63, 3.8) is 0 Å². The molecule has 0 amide bonds. The van der Waals surface area contributed by atoms with Gasteiger partial charge in [0.15, 0.2) is 11.5 Å². The van der Waals surface area contributed by atoms with E-state index in [0.717, 1.165) is 24.8 Å². The van der Waals surface area contributed by atoms with E-state index in [1.54, 1.807) is 14.2 Å². The van der Waals surface area contributed by atoms with Gasteiger partial charge in [0, 0.05) is 6.04 Å². The van der Waals surface area contributed by atoms with E-state index in [0.29, 0.717) is 23.1 Å². The Morgan fingerprint density at radius 3 is 2.50 bits per heavy atom. The Bertz CT molecular complexity index is 385. The highest BCUT2D eigenvalue weighted by atomic mass is 35.5. The van der Waals surface area contributed by atoms with Gasteiger partial charge in [0.2, 0.25) is 0 Å². The highest BCUT2D eigenvalue weighted by Crippen LogP contribution is 2.39. The second-order valence-electron chi connectivity index (χ2n) is 4.10. The second kappa shape index (κ2) is 7.46. The van der Waals surface area contributed by atoms with Crippen LogP contribution >= 0.6 is 11.6 Å². The topological polar surface area (TPSA) is 70.5 Å². The molecule has 0 aliphatic rings. The molecule has 1 aromatic carbocycles. The summed E-state index contributed by atoms with van der Waals surface area (Å²) in [6.45, 7) is 0.687. The van der Waals surface area contributed by atoms with Crippen molar-refractivity contribution in [1.29, 1.82) is 0 Å². The number of benzene rings is 1. The number of hydrogen-bond acceptors (Lipinski definition) is 4. The van der Waals surface area contributed by atoms with Crippen molar-refractivity contribution < 1.29 is 9.47 Å². The molecule has 5 heteroatoms. The minimum Gasteiger partial charge on any atom is -0.493 e. The van der Waals surface area contributed by atoms with E-state index in [2.05, 4.69) is 0 Å². The summed E-state index contributed by atoms with van der Waals surface area (Å²) in [5, 5.41) is 0.525. The highest BCUT2D eigenvalue weighted by molar-refractivity contribution is 6.33. The van der Waals surface area contributed by atoms with Crippen LogP contribution in [0.4, 0.5) is 0 Å². The van der Waals surface area contributed by atoms with E-state index < -0.39 is 0 Å². The molecule has 1 rings (SSSR count). The van der Waals surface area contributed by atoms with Gasteiger partial charge < -0.3 is 20.9 Å². The first kappa shape index (κ1) is 15.1. The molecule has 0 heterocycles. The zero-order chi connectivity index (χ0) is 13.5. The minimum absolute atomic E-state index is 0.108. The van der Waals surface area contributed by atoms with Crippen molar-refractivity contribution >= 4 is 11.6 Å². The molecule has 0 aliphatic heterocycles. The molecule has 4 N–H and O–H groups in total. The SMILES string of the molecule is COc1ccc([C@H](N)CCCCN)c(Cl)c1OC. The lowest BCUT2D eigenvalue weighted by Gasteiger charge is -2.17. The average molecular weight is 273 g/mol. The van der Waals surface area contributed by atoms with Crippen molar-refractivity contribution in [2.45, 2.75) is 25.3 Å². The normalized spacial score (nSPS) is 12.3. The standard InChI is InChI=1S/C13H21ClN2O2/c1-17-11-7-6-9(12(14)13(11)18-2)10(16)5-3-4-8-15/h6-7,10H,3-5,8,15-16H2,1-2H3/t10-/m1/s1. The lowest BCUT2D eigenvalue weighted by molar-refractivity contribution is 0.354. The highest BCUT2D eigenvalue weighted by Gasteiger charge is 2.17. The van der Waals surface area contributed by atoms with Gasteiger partial charge in [0.05, 0.1) is 19.2 Å². The van der Waals surface area contributed by atoms with Crippen LogP contribution in [0.15, 0.2) is 12.1 Å². The first-order valence-electron chi connectivity index (χ1n) is 6.01. The largest absolute Gasteiger partial charge is 0.493 e. The van der Waals surface area contributed by atoms with E-state index in [1.165, 1.54) is 0 Å². The Balaban J connectivity index is 2.89. The van der Waals surface area contributed by atoms with Gasteiger partial charge in [-0.1, -0.05) is 24.1 Å². The molecule has 0 saturated carbocycles. The van der Waals surface area contributed by atoms with Crippen LogP contribution in [0.25, 0.3) is 0 Å². The molecule has 18 heavy (non-hydrogen) atoms. The molecule has 0 aromatic heterocycles. The van der Waals surface area contributed by atoms with Gasteiger partial charge in [-0.05, 0) is 31.0 Å². The van der Waals surface area contributed by atoms with E-state index in [4.69, 9.17) is 32.5 Å². The third kappa shape index (κ3) is 3.51. The molecule has 0 bridgehead atoms. The van der Waals surface area contributed by atoms with Gasteiger partial charge in [-0.15, -0.1) is 0 Å². The number of methoxy groups -OCH3 is 2. The van der Waals surface area contributed by atoms with E-state index in [-0.39, 0.29) is 6.04 Å². The third-order valence-corrected chi connectivity index (χ3v) is 3.27. The molecule has 0 spiro atoms. The summed E-state index contributed by atoms with van der Waals surface area (Å²) in [4.78, 5) is 0. The number of unbranched alkanes of at least 4 members (excludes halogenated alkanes) is 1. The maximum atomic E-state index is 6.29. The van der Waals surface area contributed by atoms with Crippen LogP contribution in [-0.2, 0) is 0 Å². The molecule has 0 radical (unpaired) electrons. The van der Waals surface area contributed by atoms with Crippen LogP contribution in [-0.4, -0.2) is 20.8 Å². The van der Waals surface area contributed by atoms with Gasteiger partial charge >= 0.3 is 0 Å². The Hall–Kier alpha value is -0.970. The predicted molar refractivity (Wildman–Crippen MR) is 74.4 cm³/mol. The summed E-state index contributed by atoms with van der Waals surface area (Å²) in [5.74, 6) is 1.14. The van der Waals surface area contributed by atoms with Crippen LogP contribution in [0.1, 0.15) is 30.9 Å². The summed E-state index contributed by atoms with van der Waals surface area (Å²) in [6, 6.07) is 3.60. The first-order valence-corrected chi connectivity index (χ1v) is 6.39. The summed E-state index contributed by atoms with van der Waals surface area (Å²) < 4.78 is 10.4. The molecule has 0 fully saturated rings. The Kier molecular flexibility index (Phi) is 6.25. The van der Waals surface area contributed by atoms with Crippen molar-refractivity contribution in [3.8, 4) is 11.5 Å². The van der Waals surface area contributed by atoms with Crippen LogP contribution in [0.3, 0.4) is 0 Å². The quantitative estimate of drug-likeness (QED) is 0.748. The molecule has 4 nitrogen and oxygen atoms in total. The lowest BCUT2D eigenvalue weighted by Crippen LogP contribution is -2.12. The van der Waals surface area contributed by atoms with Crippen LogP contribution in [0, 0.1) is 0 Å². The maximum Gasteiger partial charge on any atom is 0.179 e. The molecule has 0 saturated heterocycles. The number of ether oxygens (including phenoxy) is 2. The molecule has 0 aliphatic carbocycles. The smallest absolute Gasteiger partial charge is 0.179 e. The van der Waals surface area contributed by atoms with E-state index in [9.17, 15) is 0 Å². The number of nitrogens with two attached hydrogens (primary N) is 2. The average Bonchev–Trinajstić information content (AvgIpc) is 2.38. The predicted octanol–water partition coefficient (Wildman–Crippen LogP) is 2.49. The lowest BCUT2D eigenvalue weighted by atomic mass is 10.0. The fraction of sp³-hybridized carbons (Fsp3) is 0.538. The molecule has 102 valence electrons. The Morgan fingerprint density at radius 1 is 1.22 bits per heavy atom. The van der Waals surface area contributed by atoms with Crippen LogP contribution in [0.2, 0.25) is 5.02 Å². The van der Waals surface area contributed by atoms with Crippen molar-refractivity contribution in [1.82, 2.24) is 0 Å². The van der Waals surface area contributed by atoms with Crippen molar-refractivity contribution in [2.24, 2.45) is 11.5 Å². The van der Waals surface area contributed by atoms with Gasteiger partial charge in [0.1, 0.15) is 0 Å². The number of rotatable bonds is 7. The fourth-order valence-electron chi connectivity index (χ4n) is 1.85. The first-order chi connectivity index (χ1) is 8.65.